The topological polar surface area (TPSA) is 183 Å². The van der Waals surface area contributed by atoms with Crippen molar-refractivity contribution >= 4 is 34.5 Å². The summed E-state index contributed by atoms with van der Waals surface area (Å²) in [6, 6.07) is 16.3. The molecule has 0 bridgehead atoms. The molecule has 1 heterocycles. The van der Waals surface area contributed by atoms with Gasteiger partial charge in [-0.1, -0.05) is 48.2 Å². The minimum atomic E-state index is -1.39. The monoisotopic (exact) mass is 485 g/mol. The van der Waals surface area contributed by atoms with Crippen molar-refractivity contribution in [1.82, 2.24) is 20.9 Å². The molecule has 0 spiro atoms. The molecule has 12 heteroatoms. The second-order valence-corrected chi connectivity index (χ2v) is 7.47. The molecular formula is C24H17N6O6-. The second-order valence-electron chi connectivity index (χ2n) is 7.47. The lowest BCUT2D eigenvalue weighted by Crippen LogP contribution is -2.40. The Labute approximate surface area is 202 Å². The van der Waals surface area contributed by atoms with E-state index in [0.717, 1.165) is 24.4 Å². The Kier molecular flexibility index (Phi) is 6.77. The molecule has 3 N–H and O–H groups in total. The number of carbonyl (C=O) groups excluding carboxylic acids is 2. The third-order valence-corrected chi connectivity index (χ3v) is 5.16. The Hall–Kier alpha value is -5.39. The first kappa shape index (κ1) is 23.8. The molecule has 0 aliphatic carbocycles. The molecule has 12 nitrogen and oxygen atoms in total. The molecule has 2 amide bonds. The van der Waals surface area contributed by atoms with E-state index in [9.17, 15) is 29.6 Å². The van der Waals surface area contributed by atoms with Crippen molar-refractivity contribution in [2.45, 2.75) is 6.04 Å². The van der Waals surface area contributed by atoms with E-state index in [4.69, 9.17) is 0 Å². The summed E-state index contributed by atoms with van der Waals surface area (Å²) >= 11 is 0. The summed E-state index contributed by atoms with van der Waals surface area (Å²) in [5, 5.41) is 36.2. The molecule has 1 aromatic heterocycles. The van der Waals surface area contributed by atoms with Gasteiger partial charge >= 0.3 is 0 Å². The summed E-state index contributed by atoms with van der Waals surface area (Å²) in [6.07, 6.45) is 0.960. The summed E-state index contributed by atoms with van der Waals surface area (Å²) < 4.78 is 0. The average Bonchev–Trinajstić information content (AvgIpc) is 2.89. The first-order valence-electron chi connectivity index (χ1n) is 10.5. The maximum absolute atomic E-state index is 13.1. The largest absolute Gasteiger partial charge is 0.872 e. The van der Waals surface area contributed by atoms with E-state index in [1.807, 2.05) is 0 Å². The molecule has 0 fully saturated rings. The molecule has 36 heavy (non-hydrogen) atoms. The van der Waals surface area contributed by atoms with Crippen LogP contribution in [0, 0.1) is 10.1 Å². The highest BCUT2D eigenvalue weighted by molar-refractivity contribution is 5.99. The van der Waals surface area contributed by atoms with Gasteiger partial charge in [-0.05, 0) is 23.8 Å². The zero-order valence-electron chi connectivity index (χ0n) is 18.4. The smallest absolute Gasteiger partial charge is 0.272 e. The number of nitrogens with zero attached hydrogens (tertiary/aromatic N) is 3. The van der Waals surface area contributed by atoms with E-state index in [0.29, 0.717) is 5.39 Å². The van der Waals surface area contributed by atoms with Crippen molar-refractivity contribution in [1.29, 1.82) is 0 Å². The Morgan fingerprint density at radius 3 is 2.44 bits per heavy atom. The van der Waals surface area contributed by atoms with Crippen molar-refractivity contribution in [3.63, 3.8) is 0 Å². The minimum Gasteiger partial charge on any atom is -0.872 e. The van der Waals surface area contributed by atoms with Gasteiger partial charge in [0.1, 0.15) is 5.69 Å². The number of nitrogens with one attached hydrogen (secondary N) is 3. The van der Waals surface area contributed by atoms with Crippen molar-refractivity contribution in [2.75, 3.05) is 0 Å². The molecular weight excluding hydrogens is 468 g/mol. The first-order chi connectivity index (χ1) is 17.3. The first-order valence-corrected chi connectivity index (χ1v) is 10.5. The summed E-state index contributed by atoms with van der Waals surface area (Å²) in [7, 11) is 0. The van der Waals surface area contributed by atoms with Gasteiger partial charge in [-0.15, -0.1) is 0 Å². The van der Waals surface area contributed by atoms with Crippen molar-refractivity contribution in [3.8, 4) is 5.75 Å². The van der Waals surface area contributed by atoms with Crippen LogP contribution in [0.5, 0.6) is 5.75 Å². The highest BCUT2D eigenvalue weighted by Crippen LogP contribution is 2.21. The number of benzene rings is 3. The Balaban J connectivity index is 1.67. The van der Waals surface area contributed by atoms with Crippen molar-refractivity contribution in [2.24, 2.45) is 5.10 Å². The lowest BCUT2D eigenvalue weighted by molar-refractivity contribution is -0.385. The quantitative estimate of drug-likeness (QED) is 0.201. The molecule has 4 rings (SSSR count). The number of nitro benzene ring substituents is 1. The molecule has 4 aromatic rings. The molecule has 0 unspecified atom stereocenters. The fourth-order valence-electron chi connectivity index (χ4n) is 3.40. The Morgan fingerprint density at radius 1 is 1.03 bits per heavy atom. The zero-order chi connectivity index (χ0) is 25.7. The van der Waals surface area contributed by atoms with Crippen molar-refractivity contribution < 1.29 is 19.6 Å². The van der Waals surface area contributed by atoms with Gasteiger partial charge in [-0.3, -0.25) is 24.5 Å². The van der Waals surface area contributed by atoms with Gasteiger partial charge < -0.3 is 10.4 Å². The van der Waals surface area contributed by atoms with Gasteiger partial charge in [0.25, 0.3) is 23.1 Å². The van der Waals surface area contributed by atoms with Gasteiger partial charge in [0.05, 0.1) is 16.5 Å². The van der Waals surface area contributed by atoms with E-state index in [1.165, 1.54) is 0 Å². The summed E-state index contributed by atoms with van der Waals surface area (Å²) in [5.41, 5.74) is 1.63. The van der Waals surface area contributed by atoms with Crippen LogP contribution in [0.4, 0.5) is 5.69 Å². The lowest BCUT2D eigenvalue weighted by atomic mass is 10.0. The highest BCUT2D eigenvalue weighted by atomic mass is 16.6. The third kappa shape index (κ3) is 5.07. The van der Waals surface area contributed by atoms with Crippen LogP contribution >= 0.6 is 0 Å². The van der Waals surface area contributed by atoms with Gasteiger partial charge in [0.2, 0.25) is 0 Å². The van der Waals surface area contributed by atoms with Gasteiger partial charge in [0, 0.05) is 23.1 Å². The number of hydrazone groups is 1. The number of rotatable bonds is 7. The average molecular weight is 485 g/mol. The molecule has 0 aliphatic rings. The molecule has 0 radical (unpaired) electrons. The van der Waals surface area contributed by atoms with E-state index in [-0.39, 0.29) is 27.9 Å². The van der Waals surface area contributed by atoms with E-state index in [1.54, 1.807) is 54.6 Å². The maximum Gasteiger partial charge on any atom is 0.272 e. The van der Waals surface area contributed by atoms with E-state index < -0.39 is 34.1 Å². The molecule has 3 aromatic carbocycles. The van der Waals surface area contributed by atoms with Crippen LogP contribution in [-0.4, -0.2) is 33.1 Å². The normalized spacial score (nSPS) is 11.8. The van der Waals surface area contributed by atoms with Crippen molar-refractivity contribution in [3.05, 3.63) is 110 Å². The van der Waals surface area contributed by atoms with Crippen LogP contribution in [0.25, 0.3) is 10.8 Å². The van der Waals surface area contributed by atoms with Gasteiger partial charge in [-0.2, -0.15) is 10.2 Å². The predicted molar refractivity (Wildman–Crippen MR) is 127 cm³/mol. The summed E-state index contributed by atoms with van der Waals surface area (Å²) in [6.45, 7) is 0. The number of aromatic amines is 1. The van der Waals surface area contributed by atoms with Crippen LogP contribution in [-0.2, 0) is 4.79 Å². The van der Waals surface area contributed by atoms with Crippen LogP contribution < -0.4 is 21.4 Å². The Morgan fingerprint density at radius 2 is 1.72 bits per heavy atom. The number of aromatic nitrogens is 2. The number of fused-ring (bicyclic) bond motifs is 1. The van der Waals surface area contributed by atoms with Crippen LogP contribution in [0.2, 0.25) is 0 Å². The van der Waals surface area contributed by atoms with Crippen LogP contribution in [0.3, 0.4) is 0 Å². The van der Waals surface area contributed by atoms with E-state index >= 15 is 0 Å². The summed E-state index contributed by atoms with van der Waals surface area (Å²) in [5.74, 6) is -1.96. The molecule has 0 aliphatic heterocycles. The highest BCUT2D eigenvalue weighted by Gasteiger charge is 2.27. The maximum atomic E-state index is 13.1. The van der Waals surface area contributed by atoms with Crippen LogP contribution in [0.1, 0.15) is 27.7 Å². The van der Waals surface area contributed by atoms with E-state index in [2.05, 4.69) is 26.0 Å². The van der Waals surface area contributed by atoms with Gasteiger partial charge in [0.15, 0.2) is 6.04 Å². The fraction of sp³-hybridized carbons (Fsp3) is 0.0417. The molecule has 0 saturated carbocycles. The second kappa shape index (κ2) is 10.3. The molecule has 1 atom stereocenters. The number of carbonyl (C=O) groups is 2. The number of nitro groups is 1. The standard InChI is InChI=1S/C24H18N6O6/c31-19-11-10-16(30(35)36)12-15(19)13-25-28-24(34)21(26-22(32)14-6-2-1-3-7-14)20-17-8-4-5-9-18(17)23(33)29-27-20/h1-13,21,31H,(H,26,32)(H,28,34)(H,29,33)/p-1/b25-13-/t21-/m0/s1. The lowest BCUT2D eigenvalue weighted by Gasteiger charge is -2.18. The third-order valence-electron chi connectivity index (χ3n) is 5.16. The number of non-ortho nitro benzene ring substituents is 1. The fourth-order valence-corrected chi connectivity index (χ4v) is 3.40. The number of hydrogen-bond acceptors (Lipinski definition) is 8. The van der Waals surface area contributed by atoms with Crippen LogP contribution in [0.15, 0.2) is 82.7 Å². The molecule has 0 saturated heterocycles. The SMILES string of the molecule is O=C(N[C@H](C(=O)N/N=C\c1cc([N+](=O)[O-])ccc1[O-])c1n[nH]c(=O)c2ccccc12)c1ccccc1. The minimum absolute atomic E-state index is 0.0574. The van der Waals surface area contributed by atoms with Gasteiger partial charge in [-0.25, -0.2) is 10.5 Å². The number of hydrogen-bond donors (Lipinski definition) is 3. The number of H-pyrrole nitrogens is 1. The zero-order valence-corrected chi connectivity index (χ0v) is 18.4. The number of amides is 2. The molecule has 180 valence electrons. The summed E-state index contributed by atoms with van der Waals surface area (Å²) in [4.78, 5) is 48.5. The predicted octanol–water partition coefficient (Wildman–Crippen LogP) is 1.53. The Bertz CT molecular complexity index is 1550.